The zero-order chi connectivity index (χ0) is 16.5. The molecular formula is C17H25N3O3. The Bertz CT molecular complexity index is 528. The highest BCUT2D eigenvalue weighted by Gasteiger charge is 2.21. The quantitative estimate of drug-likeness (QED) is 0.747. The lowest BCUT2D eigenvalue weighted by Crippen LogP contribution is -2.36. The molecule has 1 aromatic rings. The van der Waals surface area contributed by atoms with Crippen LogP contribution in [0.1, 0.15) is 29.6 Å². The Morgan fingerprint density at radius 2 is 1.91 bits per heavy atom. The fraction of sp³-hybridized carbons (Fsp3) is 0.529. The van der Waals surface area contributed by atoms with Crippen molar-refractivity contribution in [1.82, 2.24) is 10.2 Å². The molecule has 2 rings (SSSR count). The van der Waals surface area contributed by atoms with Crippen LogP contribution in [0, 0.1) is 0 Å². The smallest absolute Gasteiger partial charge is 0.255 e. The van der Waals surface area contributed by atoms with E-state index in [0.29, 0.717) is 24.4 Å². The molecule has 2 amide bonds. The summed E-state index contributed by atoms with van der Waals surface area (Å²) in [7, 11) is 1.62. The second-order valence-corrected chi connectivity index (χ2v) is 5.62. The van der Waals surface area contributed by atoms with E-state index >= 15 is 0 Å². The van der Waals surface area contributed by atoms with Crippen LogP contribution in [0.25, 0.3) is 0 Å². The van der Waals surface area contributed by atoms with E-state index in [2.05, 4.69) is 10.6 Å². The zero-order valence-electron chi connectivity index (χ0n) is 13.6. The second-order valence-electron chi connectivity index (χ2n) is 5.62. The van der Waals surface area contributed by atoms with Crippen molar-refractivity contribution in [3.8, 4) is 0 Å². The number of rotatable bonds is 7. The minimum Gasteiger partial charge on any atom is -0.383 e. The van der Waals surface area contributed by atoms with Gasteiger partial charge in [-0.2, -0.15) is 0 Å². The monoisotopic (exact) mass is 319 g/mol. The maximum absolute atomic E-state index is 12.6. The van der Waals surface area contributed by atoms with E-state index in [0.717, 1.165) is 25.9 Å². The molecule has 0 unspecified atom stereocenters. The summed E-state index contributed by atoms with van der Waals surface area (Å²) in [6, 6.07) is 7.18. The van der Waals surface area contributed by atoms with Crippen LogP contribution in [0.3, 0.4) is 0 Å². The molecule has 126 valence electrons. The third-order valence-corrected chi connectivity index (χ3v) is 3.84. The van der Waals surface area contributed by atoms with Crippen LogP contribution in [-0.4, -0.2) is 56.6 Å². The van der Waals surface area contributed by atoms with Gasteiger partial charge in [-0.15, -0.1) is 0 Å². The minimum absolute atomic E-state index is 0.00654. The fourth-order valence-corrected chi connectivity index (χ4v) is 2.62. The highest BCUT2D eigenvalue weighted by Crippen LogP contribution is 2.19. The summed E-state index contributed by atoms with van der Waals surface area (Å²) in [6.45, 7) is 2.94. The highest BCUT2D eigenvalue weighted by molar-refractivity contribution is 6.04. The van der Waals surface area contributed by atoms with Gasteiger partial charge in [0.15, 0.2) is 0 Å². The molecule has 0 atom stereocenters. The van der Waals surface area contributed by atoms with Crippen LogP contribution >= 0.6 is 0 Å². The Morgan fingerprint density at radius 1 is 1.17 bits per heavy atom. The van der Waals surface area contributed by atoms with E-state index in [-0.39, 0.29) is 18.4 Å². The van der Waals surface area contributed by atoms with Crippen LogP contribution in [0.15, 0.2) is 24.3 Å². The predicted molar refractivity (Wildman–Crippen MR) is 89.6 cm³/mol. The van der Waals surface area contributed by atoms with Gasteiger partial charge in [0.25, 0.3) is 5.91 Å². The number of ether oxygens (including phenoxy) is 1. The predicted octanol–water partition coefficient (Wildman–Crippen LogP) is 1.49. The van der Waals surface area contributed by atoms with Crippen molar-refractivity contribution in [1.29, 1.82) is 0 Å². The molecule has 23 heavy (non-hydrogen) atoms. The number of benzene rings is 1. The second kappa shape index (κ2) is 9.27. The van der Waals surface area contributed by atoms with Crippen molar-refractivity contribution in [3.05, 3.63) is 29.8 Å². The van der Waals surface area contributed by atoms with E-state index in [4.69, 9.17) is 4.74 Å². The number of anilines is 1. The normalized spacial score (nSPS) is 14.6. The summed E-state index contributed by atoms with van der Waals surface area (Å²) in [5.74, 6) is -0.173. The largest absolute Gasteiger partial charge is 0.383 e. The number of piperidine rings is 1. The van der Waals surface area contributed by atoms with Crippen LogP contribution in [-0.2, 0) is 9.53 Å². The SMILES string of the molecule is COCCNCC(=O)Nc1ccccc1C(=O)N1CCCCC1. The topological polar surface area (TPSA) is 70.7 Å². The van der Waals surface area contributed by atoms with E-state index in [1.165, 1.54) is 6.42 Å². The molecule has 1 aliphatic heterocycles. The molecule has 0 aromatic heterocycles. The lowest BCUT2D eigenvalue weighted by molar-refractivity contribution is -0.115. The lowest BCUT2D eigenvalue weighted by atomic mass is 10.1. The molecule has 2 N–H and O–H groups in total. The molecule has 0 aliphatic carbocycles. The molecule has 0 bridgehead atoms. The van der Waals surface area contributed by atoms with Crippen molar-refractivity contribution in [3.63, 3.8) is 0 Å². The first kappa shape index (κ1) is 17.4. The van der Waals surface area contributed by atoms with Crippen molar-refractivity contribution in [2.75, 3.05) is 45.2 Å². The van der Waals surface area contributed by atoms with E-state index in [9.17, 15) is 9.59 Å². The summed E-state index contributed by atoms with van der Waals surface area (Å²) in [4.78, 5) is 26.5. The molecule has 1 aliphatic rings. The zero-order valence-corrected chi connectivity index (χ0v) is 13.6. The van der Waals surface area contributed by atoms with Gasteiger partial charge in [0.05, 0.1) is 24.4 Å². The molecule has 1 fully saturated rings. The molecule has 1 aromatic carbocycles. The lowest BCUT2D eigenvalue weighted by Gasteiger charge is -2.27. The Kier molecular flexibility index (Phi) is 7.03. The van der Waals surface area contributed by atoms with Crippen LogP contribution < -0.4 is 10.6 Å². The van der Waals surface area contributed by atoms with Gasteiger partial charge in [-0.25, -0.2) is 0 Å². The molecule has 0 saturated carbocycles. The van der Waals surface area contributed by atoms with Crippen LogP contribution in [0.5, 0.6) is 0 Å². The van der Waals surface area contributed by atoms with Crippen molar-refractivity contribution >= 4 is 17.5 Å². The third kappa shape index (κ3) is 5.33. The van der Waals surface area contributed by atoms with Gasteiger partial charge in [-0.3, -0.25) is 9.59 Å². The number of hydrogen-bond acceptors (Lipinski definition) is 4. The van der Waals surface area contributed by atoms with Gasteiger partial charge in [0.2, 0.25) is 5.91 Å². The van der Waals surface area contributed by atoms with Crippen molar-refractivity contribution < 1.29 is 14.3 Å². The van der Waals surface area contributed by atoms with Gasteiger partial charge in [-0.05, 0) is 31.4 Å². The Morgan fingerprint density at radius 3 is 2.65 bits per heavy atom. The molecule has 6 heteroatoms. The van der Waals surface area contributed by atoms with E-state index in [1.807, 2.05) is 17.0 Å². The third-order valence-electron chi connectivity index (χ3n) is 3.84. The number of carbonyl (C=O) groups excluding carboxylic acids is 2. The van der Waals surface area contributed by atoms with Crippen molar-refractivity contribution in [2.24, 2.45) is 0 Å². The first-order valence-electron chi connectivity index (χ1n) is 8.10. The summed E-state index contributed by atoms with van der Waals surface area (Å²) >= 11 is 0. The van der Waals surface area contributed by atoms with Crippen molar-refractivity contribution in [2.45, 2.75) is 19.3 Å². The molecule has 1 heterocycles. The standard InChI is InChI=1S/C17H25N3O3/c1-23-12-9-18-13-16(21)19-15-8-4-3-7-14(15)17(22)20-10-5-2-6-11-20/h3-4,7-8,18H,2,5-6,9-13H2,1H3,(H,19,21). The van der Waals surface area contributed by atoms with Gasteiger partial charge >= 0.3 is 0 Å². The maximum Gasteiger partial charge on any atom is 0.255 e. The average molecular weight is 319 g/mol. The number of likely N-dealkylation sites (tertiary alicyclic amines) is 1. The Labute approximate surface area is 137 Å². The molecular weight excluding hydrogens is 294 g/mol. The van der Waals surface area contributed by atoms with Gasteiger partial charge < -0.3 is 20.3 Å². The Hall–Kier alpha value is -1.92. The number of carbonyl (C=O) groups is 2. The maximum atomic E-state index is 12.6. The van der Waals surface area contributed by atoms with Crippen LogP contribution in [0.2, 0.25) is 0 Å². The summed E-state index contributed by atoms with van der Waals surface area (Å²) in [5, 5.41) is 5.80. The summed E-state index contributed by atoms with van der Waals surface area (Å²) in [5.41, 5.74) is 1.13. The summed E-state index contributed by atoms with van der Waals surface area (Å²) in [6.07, 6.45) is 3.27. The molecule has 0 spiro atoms. The average Bonchev–Trinajstić information content (AvgIpc) is 2.59. The highest BCUT2D eigenvalue weighted by atomic mass is 16.5. The number of amides is 2. The molecule has 6 nitrogen and oxygen atoms in total. The minimum atomic E-state index is -0.167. The first-order chi connectivity index (χ1) is 11.2. The molecule has 0 radical (unpaired) electrons. The molecule has 1 saturated heterocycles. The summed E-state index contributed by atoms with van der Waals surface area (Å²) < 4.78 is 4.92. The number of hydrogen-bond donors (Lipinski definition) is 2. The van der Waals surface area contributed by atoms with E-state index in [1.54, 1.807) is 19.2 Å². The van der Waals surface area contributed by atoms with E-state index < -0.39 is 0 Å². The van der Waals surface area contributed by atoms with Gasteiger partial charge in [-0.1, -0.05) is 12.1 Å². The fourth-order valence-electron chi connectivity index (χ4n) is 2.62. The number of methoxy groups -OCH3 is 1. The number of nitrogens with zero attached hydrogens (tertiary/aromatic N) is 1. The number of para-hydroxylation sites is 1. The first-order valence-corrected chi connectivity index (χ1v) is 8.10. The number of nitrogens with one attached hydrogen (secondary N) is 2. The Balaban J connectivity index is 1.96. The van der Waals surface area contributed by atoms with Gasteiger partial charge in [0, 0.05) is 26.7 Å². The van der Waals surface area contributed by atoms with Crippen LogP contribution in [0.4, 0.5) is 5.69 Å². The van der Waals surface area contributed by atoms with Gasteiger partial charge in [0.1, 0.15) is 0 Å².